The minimum atomic E-state index is -1.08. The quantitative estimate of drug-likeness (QED) is 0.767. The maximum atomic E-state index is 11.7. The van der Waals surface area contributed by atoms with Gasteiger partial charge in [-0.2, -0.15) is 0 Å². The Bertz CT molecular complexity index is 389. The summed E-state index contributed by atoms with van der Waals surface area (Å²) in [5.74, 6) is -2.48. The van der Waals surface area contributed by atoms with Crippen LogP contribution in [0.25, 0.3) is 0 Å². The van der Waals surface area contributed by atoms with Crippen molar-refractivity contribution in [2.45, 2.75) is 26.3 Å². The van der Waals surface area contributed by atoms with Crippen LogP contribution in [0.15, 0.2) is 30.3 Å². The molecule has 2 N–H and O–H groups in total. The van der Waals surface area contributed by atoms with Crippen molar-refractivity contribution in [3.63, 3.8) is 0 Å². The van der Waals surface area contributed by atoms with E-state index in [1.807, 2.05) is 37.3 Å². The number of aliphatic carboxylic acids is 1. The summed E-state index contributed by atoms with van der Waals surface area (Å²) in [5.41, 5.74) is 0.959. The van der Waals surface area contributed by atoms with E-state index in [1.165, 1.54) is 0 Å². The van der Waals surface area contributed by atoms with Crippen molar-refractivity contribution in [3.8, 4) is 0 Å². The molecule has 1 unspecified atom stereocenters. The van der Waals surface area contributed by atoms with Crippen LogP contribution in [0.3, 0.4) is 0 Å². The monoisotopic (exact) mass is 235 g/mol. The molecule has 0 aliphatic carbocycles. The number of amides is 1. The van der Waals surface area contributed by atoms with Gasteiger partial charge in [0, 0.05) is 0 Å². The van der Waals surface area contributed by atoms with Gasteiger partial charge in [-0.15, -0.1) is 0 Å². The van der Waals surface area contributed by atoms with Crippen molar-refractivity contribution in [2.24, 2.45) is 5.92 Å². The molecule has 17 heavy (non-hydrogen) atoms. The SMILES string of the molecule is CCC(C(=O)O)C(=O)N[C@H](C)c1ccccc1. The molecule has 1 aromatic carbocycles. The third-order valence-electron chi connectivity index (χ3n) is 2.68. The van der Waals surface area contributed by atoms with Crippen molar-refractivity contribution in [3.05, 3.63) is 35.9 Å². The molecule has 0 heterocycles. The molecule has 4 nitrogen and oxygen atoms in total. The van der Waals surface area contributed by atoms with Crippen LogP contribution >= 0.6 is 0 Å². The fraction of sp³-hybridized carbons (Fsp3) is 0.385. The summed E-state index contributed by atoms with van der Waals surface area (Å²) in [6.07, 6.45) is 0.294. The van der Waals surface area contributed by atoms with Crippen LogP contribution in [0.5, 0.6) is 0 Å². The Balaban J connectivity index is 2.66. The Kier molecular flexibility index (Phi) is 4.69. The van der Waals surface area contributed by atoms with Gasteiger partial charge in [0.15, 0.2) is 0 Å². The van der Waals surface area contributed by atoms with Crippen LogP contribution in [-0.2, 0) is 9.59 Å². The molecule has 0 saturated heterocycles. The van der Waals surface area contributed by atoms with Crippen LogP contribution in [0.1, 0.15) is 31.9 Å². The molecule has 92 valence electrons. The van der Waals surface area contributed by atoms with Crippen LogP contribution in [0, 0.1) is 5.92 Å². The second-order valence-electron chi connectivity index (χ2n) is 3.94. The number of hydrogen-bond acceptors (Lipinski definition) is 2. The lowest BCUT2D eigenvalue weighted by Gasteiger charge is -2.17. The lowest BCUT2D eigenvalue weighted by atomic mass is 10.0. The number of carboxylic acids is 1. The zero-order valence-electron chi connectivity index (χ0n) is 10.0. The molecule has 0 spiro atoms. The van der Waals surface area contributed by atoms with Crippen LogP contribution < -0.4 is 5.32 Å². The largest absolute Gasteiger partial charge is 0.481 e. The molecule has 0 aliphatic rings. The molecule has 1 amide bonds. The number of hydrogen-bond donors (Lipinski definition) is 2. The van der Waals surface area contributed by atoms with Crippen molar-refractivity contribution in [1.82, 2.24) is 5.32 Å². The Labute approximate surface area is 101 Å². The summed E-state index contributed by atoms with van der Waals surface area (Å²) in [7, 11) is 0. The lowest BCUT2D eigenvalue weighted by molar-refractivity contribution is -0.147. The second kappa shape index (κ2) is 6.03. The molecular weight excluding hydrogens is 218 g/mol. The van der Waals surface area contributed by atoms with Crippen LogP contribution in [0.2, 0.25) is 0 Å². The van der Waals surface area contributed by atoms with Gasteiger partial charge < -0.3 is 10.4 Å². The van der Waals surface area contributed by atoms with Crippen LogP contribution in [-0.4, -0.2) is 17.0 Å². The lowest BCUT2D eigenvalue weighted by Crippen LogP contribution is -2.36. The molecule has 0 saturated carbocycles. The van der Waals surface area contributed by atoms with Crippen molar-refractivity contribution >= 4 is 11.9 Å². The molecule has 2 atom stereocenters. The third kappa shape index (κ3) is 3.59. The highest BCUT2D eigenvalue weighted by atomic mass is 16.4. The summed E-state index contributed by atoms with van der Waals surface area (Å²) >= 11 is 0. The number of carbonyl (C=O) groups is 2. The van der Waals surface area contributed by atoms with Gasteiger partial charge in [0.05, 0.1) is 6.04 Å². The third-order valence-corrected chi connectivity index (χ3v) is 2.68. The molecule has 0 aromatic heterocycles. The number of carbonyl (C=O) groups excluding carboxylic acids is 1. The van der Waals surface area contributed by atoms with Gasteiger partial charge in [-0.25, -0.2) is 0 Å². The molecule has 0 aliphatic heterocycles. The molecule has 4 heteroatoms. The van der Waals surface area contributed by atoms with E-state index in [2.05, 4.69) is 5.32 Å². The average molecular weight is 235 g/mol. The van der Waals surface area contributed by atoms with E-state index in [0.717, 1.165) is 5.56 Å². The first-order valence-electron chi connectivity index (χ1n) is 5.64. The van der Waals surface area contributed by atoms with Gasteiger partial charge in [0.1, 0.15) is 5.92 Å². The van der Waals surface area contributed by atoms with Gasteiger partial charge in [-0.1, -0.05) is 37.3 Å². The predicted molar refractivity (Wildman–Crippen MR) is 64.4 cm³/mol. The highest BCUT2D eigenvalue weighted by Gasteiger charge is 2.25. The summed E-state index contributed by atoms with van der Waals surface area (Å²) in [5, 5.41) is 11.6. The molecule has 1 rings (SSSR count). The molecular formula is C13H17NO3. The molecule has 0 radical (unpaired) electrons. The summed E-state index contributed by atoms with van der Waals surface area (Å²) < 4.78 is 0. The van der Waals surface area contributed by atoms with E-state index in [-0.39, 0.29) is 6.04 Å². The van der Waals surface area contributed by atoms with E-state index in [4.69, 9.17) is 5.11 Å². The topological polar surface area (TPSA) is 66.4 Å². The molecule has 0 fully saturated rings. The van der Waals surface area contributed by atoms with E-state index < -0.39 is 17.8 Å². The number of nitrogens with one attached hydrogen (secondary N) is 1. The summed E-state index contributed by atoms with van der Waals surface area (Å²) in [6.45, 7) is 3.52. The van der Waals surface area contributed by atoms with Crippen molar-refractivity contribution in [2.75, 3.05) is 0 Å². The first-order valence-corrected chi connectivity index (χ1v) is 5.64. The van der Waals surface area contributed by atoms with Crippen LogP contribution in [0.4, 0.5) is 0 Å². The van der Waals surface area contributed by atoms with E-state index >= 15 is 0 Å². The normalized spacial score (nSPS) is 13.8. The summed E-state index contributed by atoms with van der Waals surface area (Å²) in [4.78, 5) is 22.5. The Morgan fingerprint density at radius 3 is 2.35 bits per heavy atom. The number of benzene rings is 1. The predicted octanol–water partition coefficient (Wildman–Crippen LogP) is 1.97. The Hall–Kier alpha value is -1.84. The first-order chi connectivity index (χ1) is 8.06. The number of rotatable bonds is 5. The maximum absolute atomic E-state index is 11.7. The molecule has 1 aromatic rings. The standard InChI is InChI=1S/C13H17NO3/c1-3-11(13(16)17)12(15)14-9(2)10-7-5-4-6-8-10/h4-9,11H,3H2,1-2H3,(H,14,15)(H,16,17)/t9-,11?/m1/s1. The smallest absolute Gasteiger partial charge is 0.316 e. The minimum Gasteiger partial charge on any atom is -0.481 e. The average Bonchev–Trinajstić information content (AvgIpc) is 2.30. The van der Waals surface area contributed by atoms with E-state index in [0.29, 0.717) is 6.42 Å². The molecule has 0 bridgehead atoms. The van der Waals surface area contributed by atoms with Crippen molar-refractivity contribution < 1.29 is 14.7 Å². The van der Waals surface area contributed by atoms with E-state index in [1.54, 1.807) is 6.92 Å². The fourth-order valence-corrected chi connectivity index (χ4v) is 1.61. The zero-order chi connectivity index (χ0) is 12.8. The maximum Gasteiger partial charge on any atom is 0.316 e. The Morgan fingerprint density at radius 2 is 1.88 bits per heavy atom. The van der Waals surface area contributed by atoms with Gasteiger partial charge >= 0.3 is 5.97 Å². The zero-order valence-corrected chi connectivity index (χ0v) is 10.0. The van der Waals surface area contributed by atoms with Gasteiger partial charge in [-0.3, -0.25) is 9.59 Å². The highest BCUT2D eigenvalue weighted by molar-refractivity contribution is 5.96. The highest BCUT2D eigenvalue weighted by Crippen LogP contribution is 2.13. The van der Waals surface area contributed by atoms with Gasteiger partial charge in [0.25, 0.3) is 0 Å². The summed E-state index contributed by atoms with van der Waals surface area (Å²) in [6, 6.07) is 9.26. The fourth-order valence-electron chi connectivity index (χ4n) is 1.61. The van der Waals surface area contributed by atoms with Crippen molar-refractivity contribution in [1.29, 1.82) is 0 Å². The second-order valence-corrected chi connectivity index (χ2v) is 3.94. The Morgan fingerprint density at radius 1 is 1.29 bits per heavy atom. The van der Waals surface area contributed by atoms with Gasteiger partial charge in [0.2, 0.25) is 5.91 Å². The van der Waals surface area contributed by atoms with E-state index in [9.17, 15) is 9.59 Å². The van der Waals surface area contributed by atoms with Gasteiger partial charge in [-0.05, 0) is 18.9 Å². The first kappa shape index (κ1) is 13.2. The minimum absolute atomic E-state index is 0.183. The number of carboxylic acid groups (broad SMARTS) is 1.